The molecule has 3 heterocycles. The van der Waals surface area contributed by atoms with Crippen LogP contribution in [0.1, 0.15) is 16.1 Å². The van der Waals surface area contributed by atoms with E-state index in [-0.39, 0.29) is 11.6 Å². The lowest BCUT2D eigenvalue weighted by Gasteiger charge is -2.36. The molecule has 0 radical (unpaired) electrons. The molecule has 0 spiro atoms. The highest BCUT2D eigenvalue weighted by atomic mass is 16.6. The van der Waals surface area contributed by atoms with E-state index in [1.807, 2.05) is 6.07 Å². The highest BCUT2D eigenvalue weighted by Crippen LogP contribution is 2.30. The SMILES string of the molecule is O=C(NCN1CCN(c2ccc([N+](=O)[O-])c(NCc3ccco3)c2)CC1)c1cccnc1. The molecule has 0 unspecified atom stereocenters. The molecule has 2 aromatic heterocycles. The Morgan fingerprint density at radius 1 is 1.16 bits per heavy atom. The first-order valence-corrected chi connectivity index (χ1v) is 10.3. The standard InChI is InChI=1S/C22H24N6O4/c29-22(17-3-1-7-23-14-17)25-16-26-8-10-27(11-9-26)18-5-6-21(28(30)31)20(13-18)24-15-19-4-2-12-32-19/h1-7,12-14,24H,8-11,15-16H2,(H,25,29). The molecule has 10 nitrogen and oxygen atoms in total. The fraction of sp³-hybridized carbons (Fsp3) is 0.273. The van der Waals surface area contributed by atoms with Gasteiger partial charge in [-0.3, -0.25) is 24.8 Å². The zero-order chi connectivity index (χ0) is 22.3. The highest BCUT2D eigenvalue weighted by molar-refractivity contribution is 5.93. The predicted octanol–water partition coefficient (Wildman–Crippen LogP) is 2.70. The smallest absolute Gasteiger partial charge is 0.292 e. The summed E-state index contributed by atoms with van der Waals surface area (Å²) >= 11 is 0. The molecule has 166 valence electrons. The minimum Gasteiger partial charge on any atom is -0.467 e. The van der Waals surface area contributed by atoms with Crippen molar-refractivity contribution in [1.82, 2.24) is 15.2 Å². The number of carbonyl (C=O) groups is 1. The molecule has 1 amide bonds. The Labute approximate surface area is 185 Å². The average Bonchev–Trinajstić information content (AvgIpc) is 3.35. The van der Waals surface area contributed by atoms with Gasteiger partial charge < -0.3 is 20.0 Å². The van der Waals surface area contributed by atoms with Crippen LogP contribution in [-0.4, -0.2) is 53.6 Å². The van der Waals surface area contributed by atoms with Crippen molar-refractivity contribution in [3.63, 3.8) is 0 Å². The van der Waals surface area contributed by atoms with Crippen molar-refractivity contribution < 1.29 is 14.1 Å². The van der Waals surface area contributed by atoms with Gasteiger partial charge in [0.1, 0.15) is 11.4 Å². The molecule has 0 aliphatic carbocycles. The molecule has 1 aromatic carbocycles. The normalized spacial score (nSPS) is 14.2. The van der Waals surface area contributed by atoms with Gasteiger partial charge in [0, 0.05) is 50.3 Å². The number of nitro benzene ring substituents is 1. The molecule has 1 aliphatic heterocycles. The number of aromatic nitrogens is 1. The second-order valence-electron chi connectivity index (χ2n) is 7.40. The summed E-state index contributed by atoms with van der Waals surface area (Å²) in [5.41, 5.74) is 1.93. The summed E-state index contributed by atoms with van der Waals surface area (Å²) in [5, 5.41) is 17.5. The first kappa shape index (κ1) is 21.3. The van der Waals surface area contributed by atoms with Gasteiger partial charge in [0.05, 0.1) is 30.0 Å². The van der Waals surface area contributed by atoms with Crippen LogP contribution in [0.25, 0.3) is 0 Å². The second-order valence-corrected chi connectivity index (χ2v) is 7.40. The van der Waals surface area contributed by atoms with E-state index in [2.05, 4.69) is 25.4 Å². The molecule has 3 aromatic rings. The lowest BCUT2D eigenvalue weighted by molar-refractivity contribution is -0.384. The van der Waals surface area contributed by atoms with Crippen molar-refractivity contribution >= 4 is 23.0 Å². The number of rotatable bonds is 8. The number of pyridine rings is 1. The van der Waals surface area contributed by atoms with Gasteiger partial charge in [-0.25, -0.2) is 0 Å². The van der Waals surface area contributed by atoms with Crippen LogP contribution in [0.3, 0.4) is 0 Å². The van der Waals surface area contributed by atoms with Gasteiger partial charge in [-0.2, -0.15) is 0 Å². The number of carbonyl (C=O) groups excluding carboxylic acids is 1. The Bertz CT molecular complexity index is 1050. The minimum absolute atomic E-state index is 0.0251. The quantitative estimate of drug-likeness (QED) is 0.409. The number of anilines is 2. The molecular weight excluding hydrogens is 412 g/mol. The third kappa shape index (κ3) is 5.22. The van der Waals surface area contributed by atoms with Gasteiger partial charge in [0.2, 0.25) is 0 Å². The fourth-order valence-corrected chi connectivity index (χ4v) is 3.56. The van der Waals surface area contributed by atoms with Crippen molar-refractivity contribution in [3.8, 4) is 0 Å². The molecule has 1 aliphatic rings. The van der Waals surface area contributed by atoms with E-state index in [0.717, 1.165) is 31.9 Å². The van der Waals surface area contributed by atoms with Gasteiger partial charge in [0.15, 0.2) is 0 Å². The van der Waals surface area contributed by atoms with E-state index in [9.17, 15) is 14.9 Å². The number of hydrogen-bond acceptors (Lipinski definition) is 8. The molecule has 0 bridgehead atoms. The van der Waals surface area contributed by atoms with E-state index < -0.39 is 4.92 Å². The number of piperazine rings is 1. The number of nitrogens with one attached hydrogen (secondary N) is 2. The zero-order valence-electron chi connectivity index (χ0n) is 17.4. The van der Waals surface area contributed by atoms with Crippen LogP contribution in [0, 0.1) is 10.1 Å². The number of amides is 1. The fourth-order valence-electron chi connectivity index (χ4n) is 3.56. The van der Waals surface area contributed by atoms with Crippen LogP contribution in [-0.2, 0) is 6.54 Å². The molecule has 10 heteroatoms. The van der Waals surface area contributed by atoms with Gasteiger partial charge in [-0.05, 0) is 36.4 Å². The molecule has 0 atom stereocenters. The molecule has 1 fully saturated rings. The third-order valence-corrected chi connectivity index (χ3v) is 5.33. The highest BCUT2D eigenvalue weighted by Gasteiger charge is 2.21. The van der Waals surface area contributed by atoms with Crippen LogP contribution < -0.4 is 15.5 Å². The van der Waals surface area contributed by atoms with Crippen LogP contribution >= 0.6 is 0 Å². The number of furan rings is 1. The summed E-state index contributed by atoms with van der Waals surface area (Å²) in [7, 11) is 0. The van der Waals surface area contributed by atoms with Crippen molar-refractivity contribution in [1.29, 1.82) is 0 Å². The van der Waals surface area contributed by atoms with Gasteiger partial charge in [-0.1, -0.05) is 0 Å². The molecule has 4 rings (SSSR count). The molecular formula is C22H24N6O4. The molecule has 2 N–H and O–H groups in total. The maximum Gasteiger partial charge on any atom is 0.292 e. The lowest BCUT2D eigenvalue weighted by atomic mass is 10.2. The average molecular weight is 436 g/mol. The Morgan fingerprint density at radius 2 is 2.00 bits per heavy atom. The third-order valence-electron chi connectivity index (χ3n) is 5.33. The second kappa shape index (κ2) is 9.92. The van der Waals surface area contributed by atoms with E-state index in [4.69, 9.17) is 4.42 Å². The Hall–Kier alpha value is -3.92. The Morgan fingerprint density at radius 3 is 2.69 bits per heavy atom. The summed E-state index contributed by atoms with van der Waals surface area (Å²) < 4.78 is 5.30. The van der Waals surface area contributed by atoms with Gasteiger partial charge in [-0.15, -0.1) is 0 Å². The van der Waals surface area contributed by atoms with Gasteiger partial charge >= 0.3 is 0 Å². The maximum atomic E-state index is 12.2. The Kier molecular flexibility index (Phi) is 6.61. The van der Waals surface area contributed by atoms with E-state index in [1.165, 1.54) is 6.07 Å². The van der Waals surface area contributed by atoms with E-state index in [0.29, 0.717) is 30.2 Å². The summed E-state index contributed by atoms with van der Waals surface area (Å²) in [5.74, 6) is 0.551. The molecule has 0 saturated carbocycles. The van der Waals surface area contributed by atoms with Crippen molar-refractivity contribution in [2.75, 3.05) is 43.1 Å². The maximum absolute atomic E-state index is 12.2. The summed E-state index contributed by atoms with van der Waals surface area (Å²) in [6, 6.07) is 12.2. The lowest BCUT2D eigenvalue weighted by Crippen LogP contribution is -2.50. The van der Waals surface area contributed by atoms with Crippen molar-refractivity contribution in [3.05, 3.63) is 82.6 Å². The Balaban J connectivity index is 1.33. The van der Waals surface area contributed by atoms with Gasteiger partial charge in [0.25, 0.3) is 11.6 Å². The first-order chi connectivity index (χ1) is 15.6. The molecule has 1 saturated heterocycles. The number of hydrogen-bond donors (Lipinski definition) is 2. The topological polar surface area (TPSA) is 117 Å². The zero-order valence-corrected chi connectivity index (χ0v) is 17.4. The number of benzene rings is 1. The first-order valence-electron chi connectivity index (χ1n) is 10.3. The summed E-state index contributed by atoms with van der Waals surface area (Å²) in [4.78, 5) is 31.5. The van der Waals surface area contributed by atoms with Crippen molar-refractivity contribution in [2.45, 2.75) is 6.54 Å². The van der Waals surface area contributed by atoms with E-state index >= 15 is 0 Å². The minimum atomic E-state index is -0.392. The predicted molar refractivity (Wildman–Crippen MR) is 119 cm³/mol. The van der Waals surface area contributed by atoms with Crippen LogP contribution in [0.15, 0.2) is 65.5 Å². The van der Waals surface area contributed by atoms with Crippen LogP contribution in [0.2, 0.25) is 0 Å². The van der Waals surface area contributed by atoms with E-state index in [1.54, 1.807) is 49.0 Å². The van der Waals surface area contributed by atoms with Crippen LogP contribution in [0.4, 0.5) is 17.1 Å². The summed E-state index contributed by atoms with van der Waals surface area (Å²) in [6.45, 7) is 3.84. The molecule has 32 heavy (non-hydrogen) atoms. The largest absolute Gasteiger partial charge is 0.467 e. The van der Waals surface area contributed by atoms with Crippen molar-refractivity contribution in [2.24, 2.45) is 0 Å². The summed E-state index contributed by atoms with van der Waals surface area (Å²) in [6.07, 6.45) is 4.74. The number of nitrogens with zero attached hydrogens (tertiary/aromatic N) is 4. The number of nitro groups is 1. The van der Waals surface area contributed by atoms with Crippen LogP contribution in [0.5, 0.6) is 0 Å². The monoisotopic (exact) mass is 436 g/mol.